The summed E-state index contributed by atoms with van der Waals surface area (Å²) in [6.45, 7) is 0.299. The van der Waals surface area contributed by atoms with Crippen molar-refractivity contribution < 1.29 is 8.60 Å². The lowest BCUT2D eigenvalue weighted by Gasteiger charge is -2.06. The second kappa shape index (κ2) is 5.79. The highest BCUT2D eigenvalue weighted by Gasteiger charge is 2.05. The molecule has 0 aliphatic rings. The number of nitrogens with two attached hydrogens (primary N) is 1. The highest BCUT2D eigenvalue weighted by molar-refractivity contribution is 7.85. The van der Waals surface area contributed by atoms with Crippen molar-refractivity contribution in [3.05, 3.63) is 58.8 Å². The Hall–Kier alpha value is -1.95. The van der Waals surface area contributed by atoms with Crippen LogP contribution >= 0.6 is 0 Å². The van der Waals surface area contributed by atoms with E-state index in [4.69, 9.17) is 5.73 Å². The first-order chi connectivity index (χ1) is 9.06. The van der Waals surface area contributed by atoms with E-state index in [0.717, 1.165) is 0 Å². The Morgan fingerprint density at radius 3 is 2.53 bits per heavy atom. The van der Waals surface area contributed by atoms with Gasteiger partial charge in [0.1, 0.15) is 5.82 Å². The van der Waals surface area contributed by atoms with E-state index < -0.39 is 10.8 Å². The summed E-state index contributed by atoms with van der Waals surface area (Å²) in [5, 5.41) is 0. The molecule has 2 N–H and O–H groups in total. The zero-order chi connectivity index (χ0) is 13.8. The number of hydrogen-bond acceptors (Lipinski definition) is 3. The molecule has 4 nitrogen and oxygen atoms in total. The highest BCUT2D eigenvalue weighted by atomic mass is 32.2. The van der Waals surface area contributed by atoms with Gasteiger partial charge in [-0.3, -0.25) is 9.00 Å². The maximum Gasteiger partial charge on any atom is 0.250 e. The van der Waals surface area contributed by atoms with Gasteiger partial charge in [0.2, 0.25) is 0 Å². The Labute approximate surface area is 112 Å². The predicted octanol–water partition coefficient (Wildman–Crippen LogP) is 1.38. The summed E-state index contributed by atoms with van der Waals surface area (Å²) in [6.07, 6.45) is 1.52. The normalized spacial score (nSPS) is 12.3. The molecule has 1 aromatic heterocycles. The van der Waals surface area contributed by atoms with Crippen LogP contribution < -0.4 is 11.3 Å². The lowest BCUT2D eigenvalue weighted by atomic mass is 10.4. The van der Waals surface area contributed by atoms with E-state index in [-0.39, 0.29) is 17.1 Å². The lowest BCUT2D eigenvalue weighted by molar-refractivity contribution is 0.626. The number of benzene rings is 1. The number of rotatable bonds is 4. The van der Waals surface area contributed by atoms with Crippen molar-refractivity contribution in [2.75, 3.05) is 11.5 Å². The van der Waals surface area contributed by atoms with Crippen LogP contribution in [0.15, 0.2) is 52.3 Å². The van der Waals surface area contributed by atoms with Crippen molar-refractivity contribution in [1.29, 1.82) is 0 Å². The van der Waals surface area contributed by atoms with Crippen molar-refractivity contribution >= 4 is 16.5 Å². The van der Waals surface area contributed by atoms with Gasteiger partial charge in [-0.05, 0) is 30.3 Å². The van der Waals surface area contributed by atoms with Gasteiger partial charge in [0, 0.05) is 35.1 Å². The molecule has 0 aliphatic heterocycles. The Bertz CT molecular complexity index is 652. The van der Waals surface area contributed by atoms with Crippen molar-refractivity contribution in [2.24, 2.45) is 0 Å². The number of pyridine rings is 1. The van der Waals surface area contributed by atoms with Crippen LogP contribution in [0.5, 0.6) is 0 Å². The van der Waals surface area contributed by atoms with Gasteiger partial charge < -0.3 is 10.3 Å². The monoisotopic (exact) mass is 280 g/mol. The smallest absolute Gasteiger partial charge is 0.250 e. The van der Waals surface area contributed by atoms with Crippen LogP contribution in [0.4, 0.5) is 10.1 Å². The second-order valence-electron chi connectivity index (χ2n) is 4.00. The molecule has 1 atom stereocenters. The fourth-order valence-electron chi connectivity index (χ4n) is 1.61. The number of anilines is 1. The van der Waals surface area contributed by atoms with E-state index in [1.807, 2.05) is 0 Å². The number of nitrogen functional groups attached to an aromatic ring is 1. The molecular formula is C13H13FN2O2S. The fourth-order valence-corrected chi connectivity index (χ4v) is 2.65. The minimum absolute atomic E-state index is 0.190. The van der Waals surface area contributed by atoms with E-state index in [9.17, 15) is 13.4 Å². The molecule has 0 radical (unpaired) electrons. The average molecular weight is 280 g/mol. The summed E-state index contributed by atoms with van der Waals surface area (Å²) in [7, 11) is -1.27. The third-order valence-corrected chi connectivity index (χ3v) is 3.95. The molecule has 0 fully saturated rings. The maximum atomic E-state index is 12.7. The number of hydrogen-bond donors (Lipinski definition) is 1. The first-order valence-corrected chi connectivity index (χ1v) is 6.98. The summed E-state index contributed by atoms with van der Waals surface area (Å²) in [5.41, 5.74) is 5.87. The number of halogens is 1. The van der Waals surface area contributed by atoms with E-state index in [0.29, 0.717) is 17.1 Å². The molecular weight excluding hydrogens is 267 g/mol. The van der Waals surface area contributed by atoms with E-state index >= 15 is 0 Å². The molecule has 1 aromatic carbocycles. The van der Waals surface area contributed by atoms with Gasteiger partial charge in [0.05, 0.1) is 10.8 Å². The van der Waals surface area contributed by atoms with Gasteiger partial charge in [0.15, 0.2) is 0 Å². The van der Waals surface area contributed by atoms with Crippen molar-refractivity contribution in [1.82, 2.24) is 4.57 Å². The van der Waals surface area contributed by atoms with Crippen LogP contribution in [-0.4, -0.2) is 14.5 Å². The van der Waals surface area contributed by atoms with E-state index in [1.165, 1.54) is 47.2 Å². The fraction of sp³-hybridized carbons (Fsp3) is 0.154. The molecule has 2 aromatic rings. The van der Waals surface area contributed by atoms with Gasteiger partial charge in [-0.15, -0.1) is 0 Å². The molecule has 19 heavy (non-hydrogen) atoms. The molecule has 2 rings (SSSR count). The molecule has 0 spiro atoms. The summed E-state index contributed by atoms with van der Waals surface area (Å²) in [5.74, 6) is -0.0950. The van der Waals surface area contributed by atoms with Crippen LogP contribution in [0.1, 0.15) is 0 Å². The maximum absolute atomic E-state index is 12.7. The predicted molar refractivity (Wildman–Crippen MR) is 72.8 cm³/mol. The third-order valence-electron chi connectivity index (χ3n) is 2.60. The summed E-state index contributed by atoms with van der Waals surface area (Å²) in [6, 6.07) is 8.38. The number of aryl methyl sites for hydroxylation is 1. The average Bonchev–Trinajstić information content (AvgIpc) is 2.40. The Balaban J connectivity index is 2.06. The van der Waals surface area contributed by atoms with Gasteiger partial charge in [-0.1, -0.05) is 0 Å². The van der Waals surface area contributed by atoms with E-state index in [2.05, 4.69) is 0 Å². The van der Waals surface area contributed by atoms with Crippen LogP contribution in [0.3, 0.4) is 0 Å². The first-order valence-electron chi connectivity index (χ1n) is 5.66. The Morgan fingerprint density at radius 1 is 1.16 bits per heavy atom. The Kier molecular flexibility index (Phi) is 4.11. The number of aromatic nitrogens is 1. The largest absolute Gasteiger partial charge is 0.398 e. The molecule has 0 saturated heterocycles. The highest BCUT2D eigenvalue weighted by Crippen LogP contribution is 2.08. The van der Waals surface area contributed by atoms with Crippen LogP contribution in [0.2, 0.25) is 0 Å². The summed E-state index contributed by atoms with van der Waals surface area (Å²) >= 11 is 0. The quantitative estimate of drug-likeness (QED) is 0.920. The van der Waals surface area contributed by atoms with Crippen molar-refractivity contribution in [3.8, 4) is 0 Å². The minimum atomic E-state index is -1.27. The molecule has 1 heterocycles. The van der Waals surface area contributed by atoms with E-state index in [1.54, 1.807) is 0 Å². The molecule has 0 saturated carbocycles. The van der Waals surface area contributed by atoms with Gasteiger partial charge in [-0.25, -0.2) is 4.39 Å². The SMILES string of the molecule is Nc1ccc(=O)n(CCS(=O)c2ccc(F)cc2)c1. The number of nitrogens with zero attached hydrogens (tertiary/aromatic N) is 1. The first kappa shape index (κ1) is 13.5. The lowest BCUT2D eigenvalue weighted by Crippen LogP contribution is -2.21. The summed E-state index contributed by atoms with van der Waals surface area (Å²) in [4.78, 5) is 12.1. The molecule has 0 aliphatic carbocycles. The topological polar surface area (TPSA) is 65.1 Å². The molecule has 6 heteroatoms. The third kappa shape index (κ3) is 3.51. The Morgan fingerprint density at radius 2 is 1.84 bits per heavy atom. The van der Waals surface area contributed by atoms with Gasteiger partial charge in [-0.2, -0.15) is 0 Å². The van der Waals surface area contributed by atoms with Crippen LogP contribution in [0, 0.1) is 5.82 Å². The molecule has 0 amide bonds. The van der Waals surface area contributed by atoms with Crippen LogP contribution in [-0.2, 0) is 17.3 Å². The van der Waals surface area contributed by atoms with Crippen molar-refractivity contribution in [3.63, 3.8) is 0 Å². The van der Waals surface area contributed by atoms with Crippen molar-refractivity contribution in [2.45, 2.75) is 11.4 Å². The van der Waals surface area contributed by atoms with Gasteiger partial charge >= 0.3 is 0 Å². The van der Waals surface area contributed by atoms with Gasteiger partial charge in [0.25, 0.3) is 5.56 Å². The molecule has 1 unspecified atom stereocenters. The molecule has 0 bridgehead atoms. The zero-order valence-corrected chi connectivity index (χ0v) is 10.9. The summed E-state index contributed by atoms with van der Waals surface area (Å²) < 4.78 is 26.1. The minimum Gasteiger partial charge on any atom is -0.398 e. The zero-order valence-electron chi connectivity index (χ0n) is 10.1. The molecule has 100 valence electrons. The standard InChI is InChI=1S/C13H13FN2O2S/c14-10-1-4-12(5-2-10)19(18)8-7-16-9-11(15)3-6-13(16)17/h1-6,9H,7-8,15H2. The second-order valence-corrected chi connectivity index (χ2v) is 5.57. The van der Waals surface area contributed by atoms with Crippen LogP contribution in [0.25, 0.3) is 0 Å².